The first-order chi connectivity index (χ1) is 10.3. The molecule has 108 valence electrons. The van der Waals surface area contributed by atoms with E-state index < -0.39 is 0 Å². The zero-order valence-electron chi connectivity index (χ0n) is 11.3. The average molecular weight is 318 g/mol. The number of aliphatic hydroxyl groups is 1. The number of carbonyl (C=O) groups is 1. The zero-order valence-corrected chi connectivity index (χ0v) is 12.9. The van der Waals surface area contributed by atoms with Gasteiger partial charge in [0.15, 0.2) is 5.13 Å². The van der Waals surface area contributed by atoms with Gasteiger partial charge in [-0.1, -0.05) is 11.8 Å². The van der Waals surface area contributed by atoms with Crippen molar-refractivity contribution in [2.75, 3.05) is 11.9 Å². The first-order valence-electron chi connectivity index (χ1n) is 6.72. The third-order valence-corrected chi connectivity index (χ3v) is 4.79. The summed E-state index contributed by atoms with van der Waals surface area (Å²) >= 11 is 2.82. The second-order valence-corrected chi connectivity index (χ2v) is 6.69. The third-order valence-electron chi connectivity index (χ3n) is 3.02. The van der Waals surface area contributed by atoms with E-state index in [0.29, 0.717) is 22.3 Å². The van der Waals surface area contributed by atoms with Crippen LogP contribution in [0.1, 0.15) is 45.4 Å². The van der Waals surface area contributed by atoms with E-state index in [9.17, 15) is 4.79 Å². The number of carbonyl (C=O) groups excluding carboxylic acids is 1. The Balaban J connectivity index is 1.63. The fourth-order valence-corrected chi connectivity index (χ4v) is 3.36. The molecule has 0 unspecified atom stereocenters. The van der Waals surface area contributed by atoms with Crippen LogP contribution < -0.4 is 5.32 Å². The molecule has 1 aliphatic rings. The lowest BCUT2D eigenvalue weighted by atomic mass is 10.3. The van der Waals surface area contributed by atoms with Crippen LogP contribution in [0.4, 0.5) is 5.13 Å². The van der Waals surface area contributed by atoms with Crippen LogP contribution in [0.25, 0.3) is 0 Å². The Kier molecular flexibility index (Phi) is 4.34. The van der Waals surface area contributed by atoms with Crippen LogP contribution in [0, 0.1) is 11.8 Å². The predicted molar refractivity (Wildman–Crippen MR) is 84.9 cm³/mol. The molecule has 2 aromatic rings. The van der Waals surface area contributed by atoms with Crippen molar-refractivity contribution in [2.45, 2.75) is 25.2 Å². The zero-order chi connectivity index (χ0) is 14.7. The second kappa shape index (κ2) is 6.39. The number of hydrogen-bond donors (Lipinski definition) is 2. The molecule has 1 amide bonds. The van der Waals surface area contributed by atoms with Crippen LogP contribution in [-0.4, -0.2) is 22.6 Å². The monoisotopic (exact) mass is 318 g/mol. The van der Waals surface area contributed by atoms with E-state index in [-0.39, 0.29) is 12.5 Å². The van der Waals surface area contributed by atoms with Gasteiger partial charge in [-0.25, -0.2) is 4.98 Å². The van der Waals surface area contributed by atoms with Gasteiger partial charge in [0.05, 0.1) is 22.1 Å². The van der Waals surface area contributed by atoms with Crippen molar-refractivity contribution in [1.29, 1.82) is 0 Å². The highest BCUT2D eigenvalue weighted by Gasteiger charge is 2.26. The molecule has 0 spiro atoms. The van der Waals surface area contributed by atoms with Gasteiger partial charge >= 0.3 is 0 Å². The van der Waals surface area contributed by atoms with E-state index in [1.165, 1.54) is 35.5 Å². The van der Waals surface area contributed by atoms with E-state index in [2.05, 4.69) is 22.1 Å². The van der Waals surface area contributed by atoms with E-state index in [4.69, 9.17) is 5.11 Å². The number of anilines is 1. The Morgan fingerprint density at radius 1 is 1.48 bits per heavy atom. The molecule has 2 aromatic heterocycles. The second-order valence-electron chi connectivity index (χ2n) is 4.75. The largest absolute Gasteiger partial charge is 0.395 e. The molecule has 4 nitrogen and oxygen atoms in total. The third kappa shape index (κ3) is 3.70. The highest BCUT2D eigenvalue weighted by Crippen LogP contribution is 2.40. The lowest BCUT2D eigenvalue weighted by Gasteiger charge is -1.97. The summed E-state index contributed by atoms with van der Waals surface area (Å²) < 4.78 is 0. The van der Waals surface area contributed by atoms with Crippen molar-refractivity contribution in [3.8, 4) is 11.8 Å². The maximum Gasteiger partial charge on any atom is 0.267 e. The van der Waals surface area contributed by atoms with Gasteiger partial charge in [0.1, 0.15) is 0 Å². The smallest absolute Gasteiger partial charge is 0.267 e. The molecule has 6 heteroatoms. The van der Waals surface area contributed by atoms with Crippen molar-refractivity contribution in [1.82, 2.24) is 4.98 Å². The van der Waals surface area contributed by atoms with Crippen LogP contribution in [-0.2, 0) is 0 Å². The molecular weight excluding hydrogens is 304 g/mol. The van der Waals surface area contributed by atoms with Gasteiger partial charge in [-0.05, 0) is 25.0 Å². The number of aliphatic hydroxyl groups excluding tert-OH is 1. The Morgan fingerprint density at radius 3 is 3.10 bits per heavy atom. The topological polar surface area (TPSA) is 62.2 Å². The summed E-state index contributed by atoms with van der Waals surface area (Å²) in [7, 11) is 0. The molecule has 0 radical (unpaired) electrons. The molecular formula is C15H14N2O2S2. The van der Waals surface area contributed by atoms with Crippen LogP contribution >= 0.6 is 22.7 Å². The number of nitrogens with one attached hydrogen (secondary N) is 1. The molecule has 0 bridgehead atoms. The summed E-state index contributed by atoms with van der Waals surface area (Å²) in [6.07, 6.45) is 2.86. The van der Waals surface area contributed by atoms with Gasteiger partial charge in [-0.15, -0.1) is 22.7 Å². The summed E-state index contributed by atoms with van der Waals surface area (Å²) in [5.74, 6) is 6.22. The molecule has 2 N–H and O–H groups in total. The molecule has 2 heterocycles. The maximum atomic E-state index is 12.1. The first-order valence-corrected chi connectivity index (χ1v) is 8.42. The molecule has 3 rings (SSSR count). The Bertz CT molecular complexity index is 705. The summed E-state index contributed by atoms with van der Waals surface area (Å²) in [6, 6.07) is 3.58. The average Bonchev–Trinajstić information content (AvgIpc) is 3.04. The number of hydrogen-bond acceptors (Lipinski definition) is 5. The fraction of sp³-hybridized carbons (Fsp3) is 0.333. The van der Waals surface area contributed by atoms with Gasteiger partial charge in [0.25, 0.3) is 5.91 Å². The van der Waals surface area contributed by atoms with Crippen molar-refractivity contribution in [3.05, 3.63) is 33.0 Å². The first kappa shape index (κ1) is 14.3. The van der Waals surface area contributed by atoms with Crippen molar-refractivity contribution in [3.63, 3.8) is 0 Å². The summed E-state index contributed by atoms with van der Waals surface area (Å²) in [4.78, 5) is 18.0. The highest BCUT2D eigenvalue weighted by molar-refractivity contribution is 7.15. The fourth-order valence-electron chi connectivity index (χ4n) is 1.80. The lowest BCUT2D eigenvalue weighted by Crippen LogP contribution is -2.09. The quantitative estimate of drug-likeness (QED) is 0.852. The van der Waals surface area contributed by atoms with Crippen LogP contribution in [0.2, 0.25) is 0 Å². The van der Waals surface area contributed by atoms with Crippen LogP contribution in [0.3, 0.4) is 0 Å². The lowest BCUT2D eigenvalue weighted by molar-refractivity contribution is 0.103. The predicted octanol–water partition coefficient (Wildman–Crippen LogP) is 3.07. The van der Waals surface area contributed by atoms with Gasteiger partial charge in [-0.2, -0.15) is 0 Å². The van der Waals surface area contributed by atoms with Crippen molar-refractivity contribution < 1.29 is 9.90 Å². The Labute approximate surface area is 130 Å². The molecule has 0 aliphatic heterocycles. The van der Waals surface area contributed by atoms with Crippen LogP contribution in [0.5, 0.6) is 0 Å². The van der Waals surface area contributed by atoms with E-state index in [1.54, 1.807) is 6.07 Å². The Morgan fingerprint density at radius 2 is 2.33 bits per heavy atom. The molecule has 21 heavy (non-hydrogen) atoms. The van der Waals surface area contributed by atoms with Crippen LogP contribution in [0.15, 0.2) is 17.5 Å². The number of amides is 1. The van der Waals surface area contributed by atoms with Crippen molar-refractivity contribution in [2.24, 2.45) is 0 Å². The van der Waals surface area contributed by atoms with Gasteiger partial charge < -0.3 is 5.11 Å². The van der Waals surface area contributed by atoms with Gasteiger partial charge in [0.2, 0.25) is 0 Å². The molecule has 0 aromatic carbocycles. The highest BCUT2D eigenvalue weighted by atomic mass is 32.1. The molecule has 1 saturated carbocycles. The standard InChI is InChI=1S/C15H14N2O2S2/c18-8-2-1-3-11-6-7-13(21-11)14(19)17-15-16-12(9-20-15)10-4-5-10/h6-7,9-10,18H,2,4-5,8H2,(H,16,17,19). The van der Waals surface area contributed by atoms with E-state index in [0.717, 1.165) is 10.6 Å². The van der Waals surface area contributed by atoms with Gasteiger partial charge in [-0.3, -0.25) is 10.1 Å². The number of thiazole rings is 1. The molecule has 0 atom stereocenters. The van der Waals surface area contributed by atoms with Gasteiger partial charge in [0, 0.05) is 17.7 Å². The number of nitrogens with zero attached hydrogens (tertiary/aromatic N) is 1. The molecule has 0 saturated heterocycles. The molecule has 1 fully saturated rings. The minimum atomic E-state index is -0.146. The Hall–Kier alpha value is -1.68. The minimum Gasteiger partial charge on any atom is -0.395 e. The summed E-state index contributed by atoms with van der Waals surface area (Å²) in [5.41, 5.74) is 1.09. The minimum absolute atomic E-state index is 0.0547. The van der Waals surface area contributed by atoms with E-state index in [1.807, 2.05) is 11.4 Å². The van der Waals surface area contributed by atoms with E-state index >= 15 is 0 Å². The normalized spacial score (nSPS) is 13.6. The summed E-state index contributed by atoms with van der Waals surface area (Å²) in [5, 5.41) is 14.2. The SMILES string of the molecule is O=C(Nc1nc(C2CC2)cs1)c1ccc(C#CCCO)s1. The number of aromatic nitrogens is 1. The summed E-state index contributed by atoms with van der Waals surface area (Å²) in [6.45, 7) is 0.0547. The number of thiophene rings is 1. The van der Waals surface area contributed by atoms with Crippen molar-refractivity contribution >= 4 is 33.7 Å². The maximum absolute atomic E-state index is 12.1. The molecule has 1 aliphatic carbocycles. The number of rotatable bonds is 4.